The van der Waals surface area contributed by atoms with Crippen molar-refractivity contribution >= 4 is 5.97 Å². The molecule has 0 bridgehead atoms. The SMILES string of the molecule is CCOC(=O)C[C@@H](c1cccnc1)c1c(O)cc(C)[nH]c1=O. The summed E-state index contributed by atoms with van der Waals surface area (Å²) in [7, 11) is 0. The lowest BCUT2D eigenvalue weighted by atomic mass is 9.89. The van der Waals surface area contributed by atoms with Gasteiger partial charge in [-0.1, -0.05) is 6.07 Å². The molecule has 0 aliphatic heterocycles. The van der Waals surface area contributed by atoms with Crippen molar-refractivity contribution in [3.05, 3.63) is 57.8 Å². The number of pyridine rings is 2. The Hall–Kier alpha value is -2.63. The van der Waals surface area contributed by atoms with Gasteiger partial charge in [0.2, 0.25) is 0 Å². The molecule has 2 aromatic rings. The van der Waals surface area contributed by atoms with Crippen LogP contribution in [0.15, 0.2) is 35.4 Å². The zero-order valence-electron chi connectivity index (χ0n) is 12.5. The number of ether oxygens (including phenoxy) is 1. The third-order valence-electron chi connectivity index (χ3n) is 3.30. The quantitative estimate of drug-likeness (QED) is 0.823. The first-order valence-electron chi connectivity index (χ1n) is 7.01. The van der Waals surface area contributed by atoms with E-state index in [-0.39, 0.29) is 24.3 Å². The van der Waals surface area contributed by atoms with Crippen molar-refractivity contribution in [1.82, 2.24) is 9.97 Å². The zero-order valence-corrected chi connectivity index (χ0v) is 12.5. The highest BCUT2D eigenvalue weighted by Gasteiger charge is 2.25. The van der Waals surface area contributed by atoms with Gasteiger partial charge in [0.25, 0.3) is 5.56 Å². The van der Waals surface area contributed by atoms with Crippen LogP contribution in [0.4, 0.5) is 0 Å². The number of H-pyrrole nitrogens is 1. The van der Waals surface area contributed by atoms with Crippen LogP contribution in [0.5, 0.6) is 5.75 Å². The molecule has 2 aromatic heterocycles. The second-order valence-electron chi connectivity index (χ2n) is 4.93. The predicted molar refractivity (Wildman–Crippen MR) is 80.8 cm³/mol. The Kier molecular flexibility index (Phi) is 4.93. The van der Waals surface area contributed by atoms with Crippen LogP contribution in [0, 0.1) is 6.92 Å². The summed E-state index contributed by atoms with van der Waals surface area (Å²) in [5.41, 5.74) is 0.940. The minimum atomic E-state index is -0.614. The smallest absolute Gasteiger partial charge is 0.306 e. The summed E-state index contributed by atoms with van der Waals surface area (Å²) in [6, 6.07) is 4.94. The Morgan fingerprint density at radius 2 is 2.27 bits per heavy atom. The molecule has 2 N–H and O–H groups in total. The van der Waals surface area contributed by atoms with Crippen LogP contribution in [0.1, 0.15) is 36.1 Å². The van der Waals surface area contributed by atoms with Gasteiger partial charge in [0.1, 0.15) is 5.75 Å². The van der Waals surface area contributed by atoms with Crippen molar-refractivity contribution in [2.45, 2.75) is 26.2 Å². The highest BCUT2D eigenvalue weighted by Crippen LogP contribution is 2.31. The number of nitrogens with zero attached hydrogens (tertiary/aromatic N) is 1. The lowest BCUT2D eigenvalue weighted by Crippen LogP contribution is -2.21. The maximum atomic E-state index is 12.2. The van der Waals surface area contributed by atoms with E-state index < -0.39 is 17.4 Å². The van der Waals surface area contributed by atoms with Gasteiger partial charge in [0.05, 0.1) is 18.6 Å². The summed E-state index contributed by atoms with van der Waals surface area (Å²) < 4.78 is 4.97. The molecule has 0 fully saturated rings. The zero-order chi connectivity index (χ0) is 16.1. The number of nitrogens with one attached hydrogen (secondary N) is 1. The standard InChI is InChI=1S/C16H18N2O4/c1-3-22-14(20)8-12(11-5-4-6-17-9-11)15-13(19)7-10(2)18-16(15)21/h4-7,9,12H,3,8H2,1-2H3,(H2,18,19,21)/t12-/m0/s1. The Balaban J connectivity index is 2.50. The lowest BCUT2D eigenvalue weighted by molar-refractivity contribution is -0.143. The van der Waals surface area contributed by atoms with E-state index in [0.29, 0.717) is 11.3 Å². The molecule has 0 saturated heterocycles. The van der Waals surface area contributed by atoms with Crippen LogP contribution >= 0.6 is 0 Å². The van der Waals surface area contributed by atoms with Crippen LogP contribution < -0.4 is 5.56 Å². The van der Waals surface area contributed by atoms with Gasteiger partial charge in [-0.2, -0.15) is 0 Å². The number of aromatic amines is 1. The minimum Gasteiger partial charge on any atom is -0.507 e. The average Bonchev–Trinajstić information content (AvgIpc) is 2.46. The molecular weight excluding hydrogens is 284 g/mol. The maximum Gasteiger partial charge on any atom is 0.306 e. The number of hydrogen-bond acceptors (Lipinski definition) is 5. The molecule has 2 rings (SSSR count). The van der Waals surface area contributed by atoms with E-state index in [1.165, 1.54) is 6.07 Å². The molecule has 0 saturated carbocycles. The number of aryl methyl sites for hydroxylation is 1. The van der Waals surface area contributed by atoms with Gasteiger partial charge in [-0.05, 0) is 31.5 Å². The van der Waals surface area contributed by atoms with E-state index in [2.05, 4.69) is 9.97 Å². The average molecular weight is 302 g/mol. The first-order chi connectivity index (χ1) is 10.5. The van der Waals surface area contributed by atoms with Crippen LogP contribution in [-0.2, 0) is 9.53 Å². The Morgan fingerprint density at radius 3 is 2.86 bits per heavy atom. The van der Waals surface area contributed by atoms with E-state index in [4.69, 9.17) is 4.74 Å². The summed E-state index contributed by atoms with van der Waals surface area (Å²) >= 11 is 0. The molecule has 0 radical (unpaired) electrons. The molecule has 6 nitrogen and oxygen atoms in total. The van der Waals surface area contributed by atoms with E-state index in [1.807, 2.05) is 0 Å². The second kappa shape index (κ2) is 6.89. The first kappa shape index (κ1) is 15.8. The number of carbonyl (C=O) groups is 1. The highest BCUT2D eigenvalue weighted by molar-refractivity contribution is 5.71. The largest absolute Gasteiger partial charge is 0.507 e. The topological polar surface area (TPSA) is 92.3 Å². The molecule has 0 aliphatic rings. The summed E-state index contributed by atoms with van der Waals surface area (Å²) in [5.74, 6) is -1.19. The van der Waals surface area contributed by atoms with Crippen molar-refractivity contribution in [3.8, 4) is 5.75 Å². The van der Waals surface area contributed by atoms with E-state index in [9.17, 15) is 14.7 Å². The highest BCUT2D eigenvalue weighted by atomic mass is 16.5. The predicted octanol–water partition coefficient (Wildman–Crippen LogP) is 1.87. The third kappa shape index (κ3) is 3.52. The van der Waals surface area contributed by atoms with Gasteiger partial charge >= 0.3 is 5.97 Å². The first-order valence-corrected chi connectivity index (χ1v) is 7.01. The molecule has 1 atom stereocenters. The molecule has 6 heteroatoms. The Bertz CT molecular complexity index is 710. The number of rotatable bonds is 5. The van der Waals surface area contributed by atoms with Crippen molar-refractivity contribution in [3.63, 3.8) is 0 Å². The van der Waals surface area contributed by atoms with Crippen LogP contribution in [0.25, 0.3) is 0 Å². The number of hydrogen-bond donors (Lipinski definition) is 2. The van der Waals surface area contributed by atoms with Crippen molar-refractivity contribution in [1.29, 1.82) is 0 Å². The van der Waals surface area contributed by atoms with Crippen LogP contribution in [0.2, 0.25) is 0 Å². The lowest BCUT2D eigenvalue weighted by Gasteiger charge is -2.17. The van der Waals surface area contributed by atoms with Crippen molar-refractivity contribution in [2.24, 2.45) is 0 Å². The van der Waals surface area contributed by atoms with Gasteiger partial charge in [-0.25, -0.2) is 0 Å². The summed E-state index contributed by atoms with van der Waals surface area (Å²) in [6.45, 7) is 3.65. The maximum absolute atomic E-state index is 12.2. The second-order valence-corrected chi connectivity index (χ2v) is 4.93. The van der Waals surface area contributed by atoms with Gasteiger partial charge in [0, 0.05) is 24.0 Å². The minimum absolute atomic E-state index is 0.0424. The molecule has 2 heterocycles. The molecule has 116 valence electrons. The molecule has 0 aromatic carbocycles. The van der Waals surface area contributed by atoms with E-state index >= 15 is 0 Å². The molecule has 0 unspecified atom stereocenters. The fourth-order valence-electron chi connectivity index (χ4n) is 2.37. The number of carbonyl (C=O) groups excluding carboxylic acids is 1. The third-order valence-corrected chi connectivity index (χ3v) is 3.30. The van der Waals surface area contributed by atoms with Crippen molar-refractivity contribution < 1.29 is 14.6 Å². The number of aromatic hydroxyl groups is 1. The number of esters is 1. The Morgan fingerprint density at radius 1 is 1.50 bits per heavy atom. The van der Waals surface area contributed by atoms with Gasteiger partial charge < -0.3 is 14.8 Å². The summed E-state index contributed by atoms with van der Waals surface area (Å²) in [5, 5.41) is 10.2. The van der Waals surface area contributed by atoms with E-state index in [1.54, 1.807) is 38.4 Å². The Labute approximate surface area is 127 Å². The van der Waals surface area contributed by atoms with Crippen LogP contribution in [-0.4, -0.2) is 27.7 Å². The fourth-order valence-corrected chi connectivity index (χ4v) is 2.37. The number of aromatic nitrogens is 2. The molecular formula is C16H18N2O4. The summed E-state index contributed by atoms with van der Waals surface area (Å²) in [4.78, 5) is 30.7. The van der Waals surface area contributed by atoms with Gasteiger partial charge in [-0.15, -0.1) is 0 Å². The molecule has 0 amide bonds. The van der Waals surface area contributed by atoms with Crippen molar-refractivity contribution in [2.75, 3.05) is 6.61 Å². The monoisotopic (exact) mass is 302 g/mol. The van der Waals surface area contributed by atoms with Gasteiger partial charge in [-0.3, -0.25) is 14.6 Å². The van der Waals surface area contributed by atoms with Crippen LogP contribution in [0.3, 0.4) is 0 Å². The molecule has 0 spiro atoms. The summed E-state index contributed by atoms with van der Waals surface area (Å²) in [6.07, 6.45) is 3.13. The molecule has 0 aliphatic carbocycles. The van der Waals surface area contributed by atoms with E-state index in [0.717, 1.165) is 0 Å². The normalized spacial score (nSPS) is 11.9. The fraction of sp³-hybridized carbons (Fsp3) is 0.312. The molecule has 22 heavy (non-hydrogen) atoms. The van der Waals surface area contributed by atoms with Gasteiger partial charge in [0.15, 0.2) is 0 Å².